The maximum absolute atomic E-state index is 2.23. The van der Waals surface area contributed by atoms with Crippen molar-refractivity contribution < 1.29 is 24.8 Å². The normalized spacial score (nSPS) is 9.14. The third kappa shape index (κ3) is 6.13. The number of aryl methyl sites for hydroxylation is 1. The van der Waals surface area contributed by atoms with Crippen LogP contribution < -0.4 is 24.8 Å². The molecule has 0 aliphatic heterocycles. The summed E-state index contributed by atoms with van der Waals surface area (Å²) in [7, 11) is 0. The number of benzene rings is 1. The van der Waals surface area contributed by atoms with E-state index in [0.29, 0.717) is 0 Å². The standard InChI is InChI=1S/C11H16.2ClH.Mg/c1-9-5-7-10(8-6-9)11(2,3)4;;;/h5-8H,1-4H3;2*1H;/q;;;+2/p-2. The van der Waals surface area contributed by atoms with Crippen LogP contribution in [0.2, 0.25) is 0 Å². The molecule has 0 saturated carbocycles. The summed E-state index contributed by atoms with van der Waals surface area (Å²) in [6, 6.07) is 8.74. The van der Waals surface area contributed by atoms with Gasteiger partial charge in [0.25, 0.3) is 0 Å². The molecule has 0 saturated heterocycles. The van der Waals surface area contributed by atoms with Crippen molar-refractivity contribution in [2.24, 2.45) is 0 Å². The fraction of sp³-hybridized carbons (Fsp3) is 0.455. The molecule has 76 valence electrons. The van der Waals surface area contributed by atoms with Gasteiger partial charge in [0.05, 0.1) is 0 Å². The second-order valence-electron chi connectivity index (χ2n) is 4.12. The zero-order chi connectivity index (χ0) is 8.48. The van der Waals surface area contributed by atoms with Crippen molar-refractivity contribution in [2.45, 2.75) is 33.1 Å². The van der Waals surface area contributed by atoms with E-state index in [9.17, 15) is 0 Å². The Kier molecular flexibility index (Phi) is 11.2. The number of hydrogen-bond donors (Lipinski definition) is 0. The molecular weight excluding hydrogens is 227 g/mol. The minimum absolute atomic E-state index is 0. The van der Waals surface area contributed by atoms with E-state index in [2.05, 4.69) is 52.0 Å². The molecule has 0 radical (unpaired) electrons. The molecule has 14 heavy (non-hydrogen) atoms. The summed E-state index contributed by atoms with van der Waals surface area (Å²) in [6.45, 7) is 8.82. The summed E-state index contributed by atoms with van der Waals surface area (Å²) in [6.07, 6.45) is 0. The predicted octanol–water partition coefficient (Wildman–Crippen LogP) is -3.08. The van der Waals surface area contributed by atoms with Gasteiger partial charge in [0.2, 0.25) is 0 Å². The summed E-state index contributed by atoms with van der Waals surface area (Å²) >= 11 is 0. The molecule has 0 aliphatic rings. The molecule has 0 heterocycles. The molecule has 0 fully saturated rings. The fourth-order valence-corrected chi connectivity index (χ4v) is 1.05. The van der Waals surface area contributed by atoms with Gasteiger partial charge in [-0.1, -0.05) is 50.6 Å². The van der Waals surface area contributed by atoms with Crippen LogP contribution in [0.5, 0.6) is 0 Å². The average molecular weight is 243 g/mol. The molecular formula is C11H16Cl2Mg. The molecule has 3 heteroatoms. The van der Waals surface area contributed by atoms with Crippen LogP contribution in [0.1, 0.15) is 31.9 Å². The van der Waals surface area contributed by atoms with Crippen molar-refractivity contribution in [2.75, 3.05) is 0 Å². The summed E-state index contributed by atoms with van der Waals surface area (Å²) in [4.78, 5) is 0. The molecule has 0 aliphatic carbocycles. The van der Waals surface area contributed by atoms with Crippen molar-refractivity contribution in [1.29, 1.82) is 0 Å². The van der Waals surface area contributed by atoms with Crippen LogP contribution in [0.3, 0.4) is 0 Å². The van der Waals surface area contributed by atoms with Crippen LogP contribution in [0.15, 0.2) is 24.3 Å². The smallest absolute Gasteiger partial charge is 1.00 e. The van der Waals surface area contributed by atoms with Crippen LogP contribution in [-0.2, 0) is 5.41 Å². The van der Waals surface area contributed by atoms with E-state index >= 15 is 0 Å². The van der Waals surface area contributed by atoms with Gasteiger partial charge in [-0.25, -0.2) is 0 Å². The van der Waals surface area contributed by atoms with Crippen LogP contribution >= 0.6 is 0 Å². The van der Waals surface area contributed by atoms with Crippen molar-refractivity contribution in [1.82, 2.24) is 0 Å². The third-order valence-corrected chi connectivity index (χ3v) is 1.92. The molecule has 0 N–H and O–H groups in total. The Morgan fingerprint density at radius 3 is 1.50 bits per heavy atom. The second kappa shape index (κ2) is 7.81. The van der Waals surface area contributed by atoms with Crippen molar-refractivity contribution in [3.8, 4) is 0 Å². The van der Waals surface area contributed by atoms with Gasteiger partial charge in [0.1, 0.15) is 0 Å². The molecule has 1 rings (SSSR count). The molecule has 0 nitrogen and oxygen atoms in total. The second-order valence-corrected chi connectivity index (χ2v) is 4.12. The first kappa shape index (κ1) is 20.0. The number of rotatable bonds is 0. The van der Waals surface area contributed by atoms with Gasteiger partial charge in [-0.05, 0) is 17.9 Å². The minimum Gasteiger partial charge on any atom is -1.00 e. The molecule has 0 unspecified atom stereocenters. The number of halogens is 2. The molecule has 0 spiro atoms. The zero-order valence-corrected chi connectivity index (χ0v) is 12.2. The minimum atomic E-state index is 0. The van der Waals surface area contributed by atoms with Crippen LogP contribution in [0.4, 0.5) is 0 Å². The summed E-state index contributed by atoms with van der Waals surface area (Å²) < 4.78 is 0. The van der Waals surface area contributed by atoms with Crippen LogP contribution in [0, 0.1) is 6.92 Å². The van der Waals surface area contributed by atoms with E-state index in [1.165, 1.54) is 11.1 Å². The molecule has 0 atom stereocenters. The quantitative estimate of drug-likeness (QED) is 0.424. The first-order valence-corrected chi connectivity index (χ1v) is 4.07. The van der Waals surface area contributed by atoms with Gasteiger partial charge in [-0.3, -0.25) is 0 Å². The first-order chi connectivity index (χ1) is 5.00. The largest absolute Gasteiger partial charge is 2.00 e. The van der Waals surface area contributed by atoms with E-state index in [1.807, 2.05) is 0 Å². The van der Waals surface area contributed by atoms with Crippen LogP contribution in [0.25, 0.3) is 0 Å². The van der Waals surface area contributed by atoms with E-state index < -0.39 is 0 Å². The van der Waals surface area contributed by atoms with Gasteiger partial charge < -0.3 is 24.8 Å². The SMILES string of the molecule is Cc1ccc(C(C)(C)C)cc1.[Cl-].[Cl-].[Mg+2]. The maximum Gasteiger partial charge on any atom is 2.00 e. The number of hydrogen-bond acceptors (Lipinski definition) is 0. The molecule has 0 amide bonds. The fourth-order valence-electron chi connectivity index (χ4n) is 1.05. The Bertz CT molecular complexity index is 236. The van der Waals surface area contributed by atoms with E-state index in [1.54, 1.807) is 0 Å². The van der Waals surface area contributed by atoms with Gasteiger partial charge in [-0.15, -0.1) is 0 Å². The Morgan fingerprint density at radius 2 is 1.21 bits per heavy atom. The van der Waals surface area contributed by atoms with Crippen molar-refractivity contribution >= 4 is 23.1 Å². The zero-order valence-electron chi connectivity index (χ0n) is 9.27. The Labute approximate surface area is 116 Å². The molecule has 1 aromatic carbocycles. The predicted molar refractivity (Wildman–Crippen MR) is 55.6 cm³/mol. The van der Waals surface area contributed by atoms with Crippen molar-refractivity contribution in [3.05, 3.63) is 35.4 Å². The third-order valence-electron chi connectivity index (χ3n) is 1.92. The molecule has 1 aromatic rings. The Morgan fingerprint density at radius 1 is 0.857 bits per heavy atom. The van der Waals surface area contributed by atoms with E-state index in [-0.39, 0.29) is 53.3 Å². The topological polar surface area (TPSA) is 0 Å². The van der Waals surface area contributed by atoms with E-state index in [4.69, 9.17) is 0 Å². The summed E-state index contributed by atoms with van der Waals surface area (Å²) in [5, 5.41) is 0. The van der Waals surface area contributed by atoms with E-state index in [0.717, 1.165) is 0 Å². The monoisotopic (exact) mass is 242 g/mol. The molecule has 0 aromatic heterocycles. The first-order valence-electron chi connectivity index (χ1n) is 4.07. The maximum atomic E-state index is 2.23. The Hall–Kier alpha value is 0.566. The Balaban J connectivity index is -0.000000403. The summed E-state index contributed by atoms with van der Waals surface area (Å²) in [5.41, 5.74) is 3.02. The molecule has 0 bridgehead atoms. The van der Waals surface area contributed by atoms with Gasteiger partial charge in [0, 0.05) is 0 Å². The average Bonchev–Trinajstić information content (AvgIpc) is 1.86. The summed E-state index contributed by atoms with van der Waals surface area (Å²) in [5.74, 6) is 0. The van der Waals surface area contributed by atoms with Gasteiger partial charge >= 0.3 is 23.1 Å². The van der Waals surface area contributed by atoms with Crippen LogP contribution in [-0.4, -0.2) is 23.1 Å². The van der Waals surface area contributed by atoms with Crippen molar-refractivity contribution in [3.63, 3.8) is 0 Å². The van der Waals surface area contributed by atoms with Gasteiger partial charge in [-0.2, -0.15) is 0 Å². The van der Waals surface area contributed by atoms with Gasteiger partial charge in [0.15, 0.2) is 0 Å².